The van der Waals surface area contributed by atoms with Gasteiger partial charge in [0.25, 0.3) is 5.91 Å². The van der Waals surface area contributed by atoms with E-state index in [0.29, 0.717) is 26.2 Å². The number of carbonyl (C=O) groups excluding carboxylic acids is 2. The third kappa shape index (κ3) is 5.23. The molecular formula is C22H26ClN3O4. The maximum atomic E-state index is 12.4. The van der Waals surface area contributed by atoms with Crippen molar-refractivity contribution in [1.29, 1.82) is 0 Å². The van der Waals surface area contributed by atoms with Gasteiger partial charge < -0.3 is 24.6 Å². The highest BCUT2D eigenvalue weighted by Gasteiger charge is 2.28. The molecule has 0 spiro atoms. The van der Waals surface area contributed by atoms with Gasteiger partial charge in [0.1, 0.15) is 12.4 Å². The number of halogens is 1. The highest BCUT2D eigenvalue weighted by Crippen LogP contribution is 2.31. The Morgan fingerprint density at radius 3 is 2.73 bits per heavy atom. The molecule has 1 fully saturated rings. The van der Waals surface area contributed by atoms with Crippen LogP contribution in [0.5, 0.6) is 5.75 Å². The number of amides is 2. The summed E-state index contributed by atoms with van der Waals surface area (Å²) in [4.78, 5) is 28.3. The van der Waals surface area contributed by atoms with Crippen molar-refractivity contribution in [3.8, 4) is 5.75 Å². The average molecular weight is 432 g/mol. The Morgan fingerprint density at radius 1 is 1.13 bits per heavy atom. The zero-order valence-corrected chi connectivity index (χ0v) is 17.5. The zero-order chi connectivity index (χ0) is 20.1. The normalized spacial score (nSPS) is 18.1. The Kier molecular flexibility index (Phi) is 7.54. The van der Waals surface area contributed by atoms with Crippen molar-refractivity contribution in [2.75, 3.05) is 37.7 Å². The highest BCUT2D eigenvalue weighted by molar-refractivity contribution is 5.97. The number of hydrogen-bond donors (Lipinski definition) is 1. The molecule has 2 heterocycles. The first-order chi connectivity index (χ1) is 14.2. The van der Waals surface area contributed by atoms with Gasteiger partial charge in [-0.2, -0.15) is 0 Å². The molecule has 160 valence electrons. The summed E-state index contributed by atoms with van der Waals surface area (Å²) in [6, 6.07) is 17.3. The van der Waals surface area contributed by atoms with E-state index in [0.717, 1.165) is 23.4 Å². The van der Waals surface area contributed by atoms with E-state index < -0.39 is 0 Å². The van der Waals surface area contributed by atoms with Crippen LogP contribution in [-0.4, -0.2) is 55.7 Å². The molecule has 2 amide bonds. The Morgan fingerprint density at radius 2 is 1.90 bits per heavy atom. The number of anilines is 1. The second-order valence-electron chi connectivity index (χ2n) is 7.23. The maximum absolute atomic E-state index is 12.4. The third-order valence-electron chi connectivity index (χ3n) is 5.23. The topological polar surface area (TPSA) is 71.1 Å². The van der Waals surface area contributed by atoms with E-state index in [9.17, 15) is 9.59 Å². The molecule has 7 nitrogen and oxygen atoms in total. The maximum Gasteiger partial charge on any atom is 0.410 e. The number of piperazine rings is 1. The summed E-state index contributed by atoms with van der Waals surface area (Å²) in [5.74, 6) is 0.688. The van der Waals surface area contributed by atoms with Crippen molar-refractivity contribution in [2.45, 2.75) is 19.1 Å². The summed E-state index contributed by atoms with van der Waals surface area (Å²) in [6.45, 7) is 2.79. The van der Waals surface area contributed by atoms with Gasteiger partial charge in [0.15, 0.2) is 6.61 Å². The minimum Gasteiger partial charge on any atom is -0.482 e. The van der Waals surface area contributed by atoms with E-state index in [2.05, 4.69) is 5.32 Å². The Hall–Kier alpha value is -2.77. The molecule has 8 heteroatoms. The molecule has 2 aliphatic rings. The Bertz CT molecular complexity index is 864. The number of hydrogen-bond acceptors (Lipinski definition) is 5. The smallest absolute Gasteiger partial charge is 0.410 e. The number of carbonyl (C=O) groups is 2. The largest absolute Gasteiger partial charge is 0.482 e. The minimum atomic E-state index is -0.298. The number of fused-ring (bicyclic) bond motifs is 1. The van der Waals surface area contributed by atoms with E-state index in [-0.39, 0.29) is 43.7 Å². The molecule has 0 unspecified atom stereocenters. The lowest BCUT2D eigenvalue weighted by molar-refractivity contribution is -0.121. The SMILES string of the molecule is Cl.O=C(OCc1ccccc1)N1CCN[C@H](CCN2C(=O)COc3ccccc32)C1. The second-order valence-corrected chi connectivity index (χ2v) is 7.23. The van der Waals surface area contributed by atoms with E-state index >= 15 is 0 Å². The molecule has 0 aliphatic carbocycles. The van der Waals surface area contributed by atoms with E-state index in [1.807, 2.05) is 54.6 Å². The summed E-state index contributed by atoms with van der Waals surface area (Å²) in [5.41, 5.74) is 1.77. The number of nitrogens with zero attached hydrogens (tertiary/aromatic N) is 2. The van der Waals surface area contributed by atoms with Crippen molar-refractivity contribution < 1.29 is 19.1 Å². The van der Waals surface area contributed by atoms with Crippen molar-refractivity contribution in [3.63, 3.8) is 0 Å². The molecule has 2 aromatic carbocycles. The van der Waals surface area contributed by atoms with Crippen LogP contribution >= 0.6 is 12.4 Å². The van der Waals surface area contributed by atoms with Crippen LogP contribution in [0.3, 0.4) is 0 Å². The minimum absolute atomic E-state index is 0. The lowest BCUT2D eigenvalue weighted by Crippen LogP contribution is -2.54. The highest BCUT2D eigenvalue weighted by atomic mass is 35.5. The van der Waals surface area contributed by atoms with Crippen LogP contribution in [0.2, 0.25) is 0 Å². The van der Waals surface area contributed by atoms with Gasteiger partial charge in [0.2, 0.25) is 0 Å². The first-order valence-electron chi connectivity index (χ1n) is 9.92. The molecule has 0 aromatic heterocycles. The molecule has 1 N–H and O–H groups in total. The fourth-order valence-electron chi connectivity index (χ4n) is 3.68. The molecule has 2 aromatic rings. The summed E-state index contributed by atoms with van der Waals surface area (Å²) in [6.07, 6.45) is 0.441. The predicted octanol–water partition coefficient (Wildman–Crippen LogP) is 2.83. The van der Waals surface area contributed by atoms with Gasteiger partial charge in [-0.3, -0.25) is 4.79 Å². The second kappa shape index (κ2) is 10.3. The summed E-state index contributed by atoms with van der Waals surface area (Å²) < 4.78 is 10.9. The number of rotatable bonds is 5. The van der Waals surface area contributed by atoms with E-state index in [1.165, 1.54) is 0 Å². The zero-order valence-electron chi connectivity index (χ0n) is 16.7. The molecule has 0 bridgehead atoms. The molecule has 2 aliphatic heterocycles. The van der Waals surface area contributed by atoms with E-state index in [4.69, 9.17) is 9.47 Å². The Balaban J connectivity index is 0.00000256. The van der Waals surface area contributed by atoms with Gasteiger partial charge >= 0.3 is 6.09 Å². The number of benzene rings is 2. The van der Waals surface area contributed by atoms with Crippen LogP contribution in [-0.2, 0) is 16.1 Å². The monoisotopic (exact) mass is 431 g/mol. The van der Waals surface area contributed by atoms with Crippen LogP contribution in [0.15, 0.2) is 54.6 Å². The van der Waals surface area contributed by atoms with Gasteiger partial charge in [-0.25, -0.2) is 4.79 Å². The van der Waals surface area contributed by atoms with Crippen molar-refractivity contribution in [3.05, 3.63) is 60.2 Å². The molecule has 30 heavy (non-hydrogen) atoms. The molecule has 4 rings (SSSR count). The molecule has 0 radical (unpaired) electrons. The lowest BCUT2D eigenvalue weighted by atomic mass is 10.1. The van der Waals surface area contributed by atoms with Crippen molar-refractivity contribution in [1.82, 2.24) is 10.2 Å². The summed E-state index contributed by atoms with van der Waals surface area (Å²) >= 11 is 0. The fourth-order valence-corrected chi connectivity index (χ4v) is 3.68. The van der Waals surface area contributed by atoms with Crippen LogP contribution in [0.4, 0.5) is 10.5 Å². The fraction of sp³-hybridized carbons (Fsp3) is 0.364. The van der Waals surface area contributed by atoms with Crippen LogP contribution in [0.1, 0.15) is 12.0 Å². The van der Waals surface area contributed by atoms with Gasteiger partial charge in [0.05, 0.1) is 5.69 Å². The van der Waals surface area contributed by atoms with Gasteiger partial charge in [0, 0.05) is 32.2 Å². The Labute approximate surface area is 182 Å². The van der Waals surface area contributed by atoms with Crippen molar-refractivity contribution >= 4 is 30.1 Å². The number of nitrogens with one attached hydrogen (secondary N) is 1. The van der Waals surface area contributed by atoms with Crippen LogP contribution < -0.4 is 15.0 Å². The van der Waals surface area contributed by atoms with Crippen LogP contribution in [0, 0.1) is 0 Å². The third-order valence-corrected chi connectivity index (χ3v) is 5.23. The number of para-hydroxylation sites is 2. The summed E-state index contributed by atoms with van der Waals surface area (Å²) in [7, 11) is 0. The lowest BCUT2D eigenvalue weighted by Gasteiger charge is -2.35. The van der Waals surface area contributed by atoms with Gasteiger partial charge in [-0.05, 0) is 24.1 Å². The molecule has 0 saturated carbocycles. The first kappa shape index (κ1) is 21.9. The van der Waals surface area contributed by atoms with Crippen molar-refractivity contribution in [2.24, 2.45) is 0 Å². The molecule has 1 atom stereocenters. The standard InChI is InChI=1S/C22H25N3O4.ClH/c26-21-16-28-20-9-5-4-8-19(20)25(21)12-10-18-14-24(13-11-23-18)22(27)29-15-17-6-2-1-3-7-17;/h1-9,18,23H,10-16H2;1H/t18-;/m1./s1. The predicted molar refractivity (Wildman–Crippen MR) is 116 cm³/mol. The average Bonchev–Trinajstić information content (AvgIpc) is 2.77. The van der Waals surface area contributed by atoms with Gasteiger partial charge in [-0.1, -0.05) is 42.5 Å². The van der Waals surface area contributed by atoms with Crippen LogP contribution in [0.25, 0.3) is 0 Å². The molecule has 1 saturated heterocycles. The quantitative estimate of drug-likeness (QED) is 0.788. The van der Waals surface area contributed by atoms with Gasteiger partial charge in [-0.15, -0.1) is 12.4 Å². The molecular weight excluding hydrogens is 406 g/mol. The van der Waals surface area contributed by atoms with E-state index in [1.54, 1.807) is 9.80 Å². The summed E-state index contributed by atoms with van der Waals surface area (Å²) in [5, 5.41) is 3.44. The first-order valence-corrected chi connectivity index (χ1v) is 9.92. The number of ether oxygens (including phenoxy) is 2.